The highest BCUT2D eigenvalue weighted by Gasteiger charge is 2.27. The second-order valence-corrected chi connectivity index (χ2v) is 10.0. The Bertz CT molecular complexity index is 1210. The van der Waals surface area contributed by atoms with Crippen LogP contribution in [0.3, 0.4) is 0 Å². The van der Waals surface area contributed by atoms with Crippen LogP contribution in [0.5, 0.6) is 5.75 Å². The van der Waals surface area contributed by atoms with Crippen LogP contribution in [0.4, 0.5) is 5.69 Å². The van der Waals surface area contributed by atoms with Crippen LogP contribution in [-0.4, -0.2) is 61.5 Å². The highest BCUT2D eigenvalue weighted by atomic mass is 32.2. The standard InChI is InChI=1S/C22H24N4O5S2/c1-2-31-20-6-5-18(33(28,29)26-8-10-30-11-9-26)13-19(20)25-21(27)12-17-15-32-22(24-17)16-4-3-7-23-14-16/h3-7,13-15H,2,8-12H2,1H3,(H,25,27). The van der Waals surface area contributed by atoms with E-state index in [2.05, 4.69) is 15.3 Å². The molecule has 0 saturated carbocycles. The second kappa shape index (κ2) is 10.4. The smallest absolute Gasteiger partial charge is 0.243 e. The van der Waals surface area contributed by atoms with Crippen molar-refractivity contribution in [3.63, 3.8) is 0 Å². The van der Waals surface area contributed by atoms with Crippen LogP contribution >= 0.6 is 11.3 Å². The van der Waals surface area contributed by atoms with Crippen LogP contribution in [0, 0.1) is 0 Å². The van der Waals surface area contributed by atoms with Crippen LogP contribution in [0.15, 0.2) is 53.0 Å². The quantitative estimate of drug-likeness (QED) is 0.519. The molecule has 2 aromatic heterocycles. The van der Waals surface area contributed by atoms with E-state index in [1.807, 2.05) is 24.4 Å². The molecule has 1 saturated heterocycles. The third-order valence-corrected chi connectivity index (χ3v) is 7.77. The monoisotopic (exact) mass is 488 g/mol. The van der Waals surface area contributed by atoms with Crippen molar-refractivity contribution in [3.8, 4) is 16.3 Å². The number of aromatic nitrogens is 2. The molecule has 0 bridgehead atoms. The topological polar surface area (TPSA) is 111 Å². The summed E-state index contributed by atoms with van der Waals surface area (Å²) in [5.74, 6) is 0.0843. The van der Waals surface area contributed by atoms with Crippen molar-refractivity contribution in [2.24, 2.45) is 0 Å². The number of thiazole rings is 1. The molecule has 33 heavy (non-hydrogen) atoms. The van der Waals surface area contributed by atoms with Crippen LogP contribution in [0.2, 0.25) is 0 Å². The Kier molecular flexibility index (Phi) is 7.33. The van der Waals surface area contributed by atoms with Gasteiger partial charge in [0.2, 0.25) is 15.9 Å². The van der Waals surface area contributed by atoms with E-state index in [9.17, 15) is 13.2 Å². The largest absolute Gasteiger partial charge is 0.492 e. The minimum absolute atomic E-state index is 0.0444. The molecule has 1 N–H and O–H groups in total. The average molecular weight is 489 g/mol. The molecule has 0 atom stereocenters. The molecule has 9 nitrogen and oxygen atoms in total. The van der Waals surface area contributed by atoms with Crippen LogP contribution in [0.1, 0.15) is 12.6 Å². The van der Waals surface area contributed by atoms with E-state index >= 15 is 0 Å². The molecular weight excluding hydrogens is 464 g/mol. The number of ether oxygens (including phenoxy) is 2. The number of anilines is 1. The predicted molar refractivity (Wildman–Crippen MR) is 125 cm³/mol. The van der Waals surface area contributed by atoms with Crippen molar-refractivity contribution in [1.29, 1.82) is 0 Å². The van der Waals surface area contributed by atoms with Gasteiger partial charge in [-0.2, -0.15) is 4.31 Å². The number of rotatable bonds is 8. The summed E-state index contributed by atoms with van der Waals surface area (Å²) in [5.41, 5.74) is 1.80. The molecule has 1 fully saturated rings. The van der Waals surface area contributed by atoms with E-state index in [1.54, 1.807) is 18.5 Å². The number of pyridine rings is 1. The zero-order valence-electron chi connectivity index (χ0n) is 18.1. The lowest BCUT2D eigenvalue weighted by Crippen LogP contribution is -2.40. The van der Waals surface area contributed by atoms with Crippen molar-refractivity contribution >= 4 is 33.0 Å². The highest BCUT2D eigenvalue weighted by molar-refractivity contribution is 7.89. The van der Waals surface area contributed by atoms with Crippen molar-refractivity contribution in [1.82, 2.24) is 14.3 Å². The number of morpholine rings is 1. The number of amides is 1. The molecule has 174 valence electrons. The van der Waals surface area contributed by atoms with Gasteiger partial charge >= 0.3 is 0 Å². The normalized spacial score (nSPS) is 14.7. The number of hydrogen-bond acceptors (Lipinski definition) is 8. The summed E-state index contributed by atoms with van der Waals surface area (Å²) < 4.78 is 38.3. The van der Waals surface area contributed by atoms with Crippen LogP contribution < -0.4 is 10.1 Å². The Balaban J connectivity index is 1.52. The summed E-state index contributed by atoms with van der Waals surface area (Å²) in [6.45, 7) is 3.49. The molecule has 4 rings (SSSR count). The molecule has 1 amide bonds. The third-order valence-electron chi connectivity index (χ3n) is 4.93. The van der Waals surface area contributed by atoms with Gasteiger partial charge in [0.1, 0.15) is 10.8 Å². The van der Waals surface area contributed by atoms with Gasteiger partial charge in [0.25, 0.3) is 0 Å². The fourth-order valence-electron chi connectivity index (χ4n) is 3.35. The van der Waals surface area contributed by atoms with E-state index in [0.29, 0.717) is 50.0 Å². The fourth-order valence-corrected chi connectivity index (χ4v) is 5.60. The number of benzene rings is 1. The van der Waals surface area contributed by atoms with Gasteiger partial charge in [-0.15, -0.1) is 11.3 Å². The van der Waals surface area contributed by atoms with Crippen molar-refractivity contribution in [2.75, 3.05) is 38.2 Å². The Morgan fingerprint density at radius 3 is 2.82 bits per heavy atom. The van der Waals surface area contributed by atoms with Crippen molar-refractivity contribution in [3.05, 3.63) is 53.8 Å². The predicted octanol–water partition coefficient (Wildman–Crippen LogP) is 2.81. The Labute approximate surface area is 196 Å². The summed E-state index contributed by atoms with van der Waals surface area (Å²) in [4.78, 5) is 21.5. The van der Waals surface area contributed by atoms with Crippen molar-refractivity contribution < 1.29 is 22.7 Å². The first-order chi connectivity index (χ1) is 16.0. The molecule has 1 aromatic carbocycles. The molecule has 1 aliphatic heterocycles. The molecule has 0 radical (unpaired) electrons. The maximum atomic E-state index is 13.0. The molecule has 0 aliphatic carbocycles. The first-order valence-electron chi connectivity index (χ1n) is 10.5. The number of nitrogens with zero attached hydrogens (tertiary/aromatic N) is 3. The number of carbonyl (C=O) groups excluding carboxylic acids is 1. The third kappa shape index (κ3) is 5.56. The zero-order chi connectivity index (χ0) is 23.3. The molecular formula is C22H24N4O5S2. The van der Waals surface area contributed by atoms with E-state index in [4.69, 9.17) is 9.47 Å². The van der Waals surface area contributed by atoms with Gasteiger partial charge < -0.3 is 14.8 Å². The van der Waals surface area contributed by atoms with Crippen LogP contribution in [-0.2, 0) is 26.0 Å². The van der Waals surface area contributed by atoms with Gasteiger partial charge in [0.05, 0.1) is 42.5 Å². The molecule has 3 aromatic rings. The SMILES string of the molecule is CCOc1ccc(S(=O)(=O)N2CCOCC2)cc1NC(=O)Cc1csc(-c2cccnc2)n1. The van der Waals surface area contributed by atoms with Gasteiger partial charge in [-0.1, -0.05) is 0 Å². The van der Waals surface area contributed by atoms with Gasteiger partial charge in [-0.05, 0) is 37.3 Å². The Hall–Kier alpha value is -2.86. The van der Waals surface area contributed by atoms with Crippen LogP contribution in [0.25, 0.3) is 10.6 Å². The summed E-state index contributed by atoms with van der Waals surface area (Å²) in [7, 11) is -3.71. The second-order valence-electron chi connectivity index (χ2n) is 7.22. The lowest BCUT2D eigenvalue weighted by Gasteiger charge is -2.26. The van der Waals surface area contributed by atoms with E-state index in [-0.39, 0.29) is 17.2 Å². The average Bonchev–Trinajstić information content (AvgIpc) is 3.29. The fraction of sp³-hybridized carbons (Fsp3) is 0.318. The van der Waals surface area contributed by atoms with E-state index in [1.165, 1.54) is 27.8 Å². The first kappa shape index (κ1) is 23.3. The maximum absolute atomic E-state index is 13.0. The zero-order valence-corrected chi connectivity index (χ0v) is 19.7. The van der Waals surface area contributed by atoms with E-state index in [0.717, 1.165) is 10.6 Å². The molecule has 0 unspecified atom stereocenters. The Morgan fingerprint density at radius 1 is 1.27 bits per heavy atom. The number of hydrogen-bond donors (Lipinski definition) is 1. The highest BCUT2D eigenvalue weighted by Crippen LogP contribution is 2.30. The van der Waals surface area contributed by atoms with Gasteiger partial charge in [-0.25, -0.2) is 13.4 Å². The minimum atomic E-state index is -3.71. The molecule has 0 spiro atoms. The summed E-state index contributed by atoms with van der Waals surface area (Å²) in [6.07, 6.45) is 3.45. The molecule has 1 aliphatic rings. The minimum Gasteiger partial charge on any atom is -0.492 e. The summed E-state index contributed by atoms with van der Waals surface area (Å²) in [5, 5.41) is 5.39. The lowest BCUT2D eigenvalue weighted by atomic mass is 10.2. The van der Waals surface area contributed by atoms with Crippen molar-refractivity contribution in [2.45, 2.75) is 18.2 Å². The molecule has 11 heteroatoms. The van der Waals surface area contributed by atoms with Gasteiger partial charge in [0.15, 0.2) is 0 Å². The number of sulfonamides is 1. The number of carbonyl (C=O) groups is 1. The summed E-state index contributed by atoms with van der Waals surface area (Å²) >= 11 is 1.43. The number of nitrogens with one attached hydrogen (secondary N) is 1. The Morgan fingerprint density at radius 2 is 2.09 bits per heavy atom. The molecule has 3 heterocycles. The van der Waals surface area contributed by atoms with Gasteiger partial charge in [-0.3, -0.25) is 9.78 Å². The lowest BCUT2D eigenvalue weighted by molar-refractivity contribution is -0.115. The van der Waals surface area contributed by atoms with E-state index < -0.39 is 10.0 Å². The first-order valence-corrected chi connectivity index (χ1v) is 12.8. The summed E-state index contributed by atoms with van der Waals surface area (Å²) in [6, 6.07) is 8.23. The maximum Gasteiger partial charge on any atom is 0.243 e. The van der Waals surface area contributed by atoms with Gasteiger partial charge in [0, 0.05) is 36.4 Å².